The first-order chi connectivity index (χ1) is 5.83. The van der Waals surface area contributed by atoms with E-state index in [0.717, 1.165) is 18.0 Å². The zero-order valence-electron chi connectivity index (χ0n) is 7.10. The van der Waals surface area contributed by atoms with E-state index in [1.807, 2.05) is 6.07 Å². The first-order valence-corrected chi connectivity index (χ1v) is 4.83. The van der Waals surface area contributed by atoms with Crippen LogP contribution in [-0.4, -0.2) is 21.8 Å². The van der Waals surface area contributed by atoms with Gasteiger partial charge in [0, 0.05) is 11.4 Å². The van der Waals surface area contributed by atoms with Gasteiger partial charge < -0.3 is 5.73 Å². The molecule has 1 unspecified atom stereocenters. The molecule has 66 valence electrons. The molecule has 0 amide bonds. The van der Waals surface area contributed by atoms with E-state index in [-0.39, 0.29) is 0 Å². The molecule has 1 heterocycles. The second-order valence-electron chi connectivity index (χ2n) is 2.55. The summed E-state index contributed by atoms with van der Waals surface area (Å²) >= 11 is 1.74. The Hall–Kier alpha value is -0.610. The number of thioether (sulfide) groups is 1. The number of aromatic nitrogens is 2. The van der Waals surface area contributed by atoms with Crippen molar-refractivity contribution >= 4 is 11.8 Å². The molecule has 0 saturated heterocycles. The molecule has 0 bridgehead atoms. The Morgan fingerprint density at radius 3 is 3.08 bits per heavy atom. The lowest BCUT2D eigenvalue weighted by Crippen LogP contribution is -2.06. The van der Waals surface area contributed by atoms with Gasteiger partial charge >= 0.3 is 0 Å². The average Bonchev–Trinajstić information content (AvgIpc) is 2.06. The summed E-state index contributed by atoms with van der Waals surface area (Å²) in [5.74, 6) is 0. The molecule has 1 aromatic rings. The van der Waals surface area contributed by atoms with Crippen molar-refractivity contribution in [3.8, 4) is 0 Å². The minimum Gasteiger partial charge on any atom is -0.330 e. The summed E-state index contributed by atoms with van der Waals surface area (Å²) in [5.41, 5.74) is 5.44. The largest absolute Gasteiger partial charge is 0.330 e. The number of hydrogen-bond donors (Lipinski definition) is 1. The molecule has 1 atom stereocenters. The van der Waals surface area contributed by atoms with Crippen LogP contribution in [0.2, 0.25) is 0 Å². The van der Waals surface area contributed by atoms with Gasteiger partial charge in [0.1, 0.15) is 6.33 Å². The highest BCUT2D eigenvalue weighted by molar-refractivity contribution is 7.99. The Kier molecular flexibility index (Phi) is 4.04. The molecule has 0 radical (unpaired) electrons. The Balaban J connectivity index is 2.41. The number of rotatable bonds is 4. The fourth-order valence-corrected chi connectivity index (χ4v) is 1.76. The maximum absolute atomic E-state index is 5.44. The van der Waals surface area contributed by atoms with Gasteiger partial charge in [-0.1, -0.05) is 6.92 Å². The van der Waals surface area contributed by atoms with Crippen molar-refractivity contribution in [1.29, 1.82) is 0 Å². The molecule has 0 fully saturated rings. The van der Waals surface area contributed by atoms with Gasteiger partial charge in [-0.3, -0.25) is 0 Å². The Bertz CT molecular complexity index is 215. The van der Waals surface area contributed by atoms with Gasteiger partial charge in [0.25, 0.3) is 0 Å². The predicted molar refractivity (Wildman–Crippen MR) is 51.0 cm³/mol. The lowest BCUT2D eigenvalue weighted by atomic mass is 10.3. The van der Waals surface area contributed by atoms with Crippen LogP contribution in [0.3, 0.4) is 0 Å². The Labute approximate surface area is 76.8 Å². The third-order valence-electron chi connectivity index (χ3n) is 1.45. The molecule has 0 aliphatic carbocycles. The zero-order chi connectivity index (χ0) is 8.81. The first-order valence-electron chi connectivity index (χ1n) is 3.95. The molecule has 0 saturated carbocycles. The van der Waals surface area contributed by atoms with Crippen LogP contribution in [0.5, 0.6) is 0 Å². The number of nitrogens with zero attached hydrogens (tertiary/aromatic N) is 2. The minimum atomic E-state index is 0.532. The molecular weight excluding hydrogens is 170 g/mol. The molecule has 0 spiro atoms. The van der Waals surface area contributed by atoms with Gasteiger partial charge in [-0.15, -0.1) is 11.8 Å². The van der Waals surface area contributed by atoms with Crippen LogP contribution in [-0.2, 0) is 0 Å². The molecule has 3 nitrogen and oxygen atoms in total. The van der Waals surface area contributed by atoms with Crippen molar-refractivity contribution in [2.75, 3.05) is 6.54 Å². The molecule has 1 aromatic heterocycles. The van der Waals surface area contributed by atoms with E-state index in [1.54, 1.807) is 24.3 Å². The van der Waals surface area contributed by atoms with Gasteiger partial charge in [0.15, 0.2) is 0 Å². The molecular formula is C8H13N3S. The van der Waals surface area contributed by atoms with E-state index in [4.69, 9.17) is 5.73 Å². The van der Waals surface area contributed by atoms with Crippen molar-refractivity contribution in [2.45, 2.75) is 23.6 Å². The highest BCUT2D eigenvalue weighted by atomic mass is 32.2. The highest BCUT2D eigenvalue weighted by Crippen LogP contribution is 2.21. The smallest absolute Gasteiger partial charge is 0.116 e. The summed E-state index contributed by atoms with van der Waals surface area (Å²) in [4.78, 5) is 7.96. The monoisotopic (exact) mass is 183 g/mol. The summed E-state index contributed by atoms with van der Waals surface area (Å²) in [5, 5.41) is 1.55. The van der Waals surface area contributed by atoms with E-state index in [0.29, 0.717) is 5.25 Å². The minimum absolute atomic E-state index is 0.532. The van der Waals surface area contributed by atoms with Crippen LogP contribution in [0.4, 0.5) is 0 Å². The molecule has 2 N–H and O–H groups in total. The van der Waals surface area contributed by atoms with E-state index < -0.39 is 0 Å². The first kappa shape index (κ1) is 9.48. The zero-order valence-corrected chi connectivity index (χ0v) is 7.92. The maximum Gasteiger partial charge on any atom is 0.116 e. The average molecular weight is 183 g/mol. The van der Waals surface area contributed by atoms with Crippen molar-refractivity contribution < 1.29 is 0 Å². The third-order valence-corrected chi connectivity index (χ3v) is 2.57. The summed E-state index contributed by atoms with van der Waals surface area (Å²) in [6, 6.07) is 1.91. The van der Waals surface area contributed by atoms with Crippen molar-refractivity contribution in [1.82, 2.24) is 9.97 Å². The van der Waals surface area contributed by atoms with E-state index >= 15 is 0 Å². The lowest BCUT2D eigenvalue weighted by molar-refractivity contribution is 0.820. The summed E-state index contributed by atoms with van der Waals surface area (Å²) < 4.78 is 0. The fraction of sp³-hybridized carbons (Fsp3) is 0.500. The second kappa shape index (κ2) is 5.11. The van der Waals surface area contributed by atoms with Crippen LogP contribution in [0.25, 0.3) is 0 Å². The van der Waals surface area contributed by atoms with Crippen LogP contribution in [0.1, 0.15) is 13.3 Å². The van der Waals surface area contributed by atoms with E-state index in [9.17, 15) is 0 Å². The number of hydrogen-bond acceptors (Lipinski definition) is 4. The SMILES string of the molecule is CC(CCN)Sc1ccncn1. The van der Waals surface area contributed by atoms with E-state index in [2.05, 4.69) is 16.9 Å². The molecule has 12 heavy (non-hydrogen) atoms. The van der Waals surface area contributed by atoms with Gasteiger partial charge in [0.05, 0.1) is 5.03 Å². The Morgan fingerprint density at radius 2 is 2.50 bits per heavy atom. The highest BCUT2D eigenvalue weighted by Gasteiger charge is 2.02. The Morgan fingerprint density at radius 1 is 1.67 bits per heavy atom. The summed E-state index contributed by atoms with van der Waals surface area (Å²) in [7, 11) is 0. The molecule has 0 aromatic carbocycles. The lowest BCUT2D eigenvalue weighted by Gasteiger charge is -2.07. The molecule has 0 aliphatic heterocycles. The quantitative estimate of drug-likeness (QED) is 0.565. The standard InChI is InChI=1S/C8H13N3S/c1-7(2-4-9)12-8-3-5-10-6-11-8/h3,5-7H,2,4,9H2,1H3. The van der Waals surface area contributed by atoms with Crippen LogP contribution >= 0.6 is 11.8 Å². The van der Waals surface area contributed by atoms with Crippen LogP contribution in [0.15, 0.2) is 23.6 Å². The molecule has 4 heteroatoms. The van der Waals surface area contributed by atoms with Crippen molar-refractivity contribution in [2.24, 2.45) is 5.73 Å². The number of nitrogens with two attached hydrogens (primary N) is 1. The van der Waals surface area contributed by atoms with Crippen LogP contribution in [0, 0.1) is 0 Å². The van der Waals surface area contributed by atoms with Gasteiger partial charge in [-0.05, 0) is 19.0 Å². The summed E-state index contributed by atoms with van der Waals surface area (Å²) in [6.07, 6.45) is 4.34. The normalized spacial score (nSPS) is 12.8. The molecule has 0 aliphatic rings. The summed E-state index contributed by atoms with van der Waals surface area (Å²) in [6.45, 7) is 2.89. The van der Waals surface area contributed by atoms with Crippen molar-refractivity contribution in [3.63, 3.8) is 0 Å². The maximum atomic E-state index is 5.44. The van der Waals surface area contributed by atoms with Crippen LogP contribution < -0.4 is 5.73 Å². The predicted octanol–water partition coefficient (Wildman–Crippen LogP) is 1.31. The van der Waals surface area contributed by atoms with Gasteiger partial charge in [-0.2, -0.15) is 0 Å². The van der Waals surface area contributed by atoms with Crippen molar-refractivity contribution in [3.05, 3.63) is 18.6 Å². The van der Waals surface area contributed by atoms with E-state index in [1.165, 1.54) is 0 Å². The molecule has 1 rings (SSSR count). The van der Waals surface area contributed by atoms with Gasteiger partial charge in [-0.25, -0.2) is 9.97 Å². The van der Waals surface area contributed by atoms with Gasteiger partial charge in [0.2, 0.25) is 0 Å². The third kappa shape index (κ3) is 3.19. The fourth-order valence-electron chi connectivity index (χ4n) is 0.848. The topological polar surface area (TPSA) is 51.8 Å². The second-order valence-corrected chi connectivity index (χ2v) is 4.01.